The Kier molecular flexibility index (Phi) is 6.19. The predicted molar refractivity (Wildman–Crippen MR) is 139 cm³/mol. The number of nitrogens with one attached hydrogen (secondary N) is 2. The highest BCUT2D eigenvalue weighted by atomic mass is 16.5. The summed E-state index contributed by atoms with van der Waals surface area (Å²) in [7, 11) is 3.07. The van der Waals surface area contributed by atoms with Crippen molar-refractivity contribution in [1.29, 1.82) is 0 Å². The van der Waals surface area contributed by atoms with E-state index >= 15 is 0 Å². The van der Waals surface area contributed by atoms with Crippen LogP contribution in [-0.4, -0.2) is 35.9 Å². The molecule has 7 nitrogen and oxygen atoms in total. The lowest BCUT2D eigenvalue weighted by Crippen LogP contribution is -2.12. The molecule has 1 heterocycles. The number of rotatable bonds is 7. The number of imidazole rings is 1. The van der Waals surface area contributed by atoms with Gasteiger partial charge in [0.25, 0.3) is 5.91 Å². The van der Waals surface area contributed by atoms with E-state index in [1.807, 2.05) is 54.6 Å². The number of ketones is 1. The fourth-order valence-electron chi connectivity index (χ4n) is 3.94. The van der Waals surface area contributed by atoms with Gasteiger partial charge in [-0.15, -0.1) is 0 Å². The summed E-state index contributed by atoms with van der Waals surface area (Å²) >= 11 is 0. The number of hydrogen-bond acceptors (Lipinski definition) is 5. The summed E-state index contributed by atoms with van der Waals surface area (Å²) in [6.07, 6.45) is 0. The Morgan fingerprint density at radius 2 is 1.47 bits per heavy atom. The van der Waals surface area contributed by atoms with Crippen LogP contribution in [0.3, 0.4) is 0 Å². The van der Waals surface area contributed by atoms with E-state index in [1.54, 1.807) is 43.5 Å². The zero-order valence-electron chi connectivity index (χ0n) is 19.7. The number of aromatic nitrogens is 2. The predicted octanol–water partition coefficient (Wildman–Crippen LogP) is 5.73. The number of nitrogens with zero attached hydrogens (tertiary/aromatic N) is 1. The van der Waals surface area contributed by atoms with Crippen LogP contribution in [0.25, 0.3) is 22.4 Å². The molecule has 0 atom stereocenters. The molecule has 4 aromatic carbocycles. The first kappa shape index (κ1) is 22.9. The minimum atomic E-state index is -0.261. The normalized spacial score (nSPS) is 10.7. The molecule has 36 heavy (non-hydrogen) atoms. The van der Waals surface area contributed by atoms with Crippen LogP contribution in [0.5, 0.6) is 11.5 Å². The molecule has 5 aromatic rings. The van der Waals surface area contributed by atoms with Gasteiger partial charge in [0.2, 0.25) is 0 Å². The first-order valence-electron chi connectivity index (χ1n) is 11.3. The number of hydrogen-bond donors (Lipinski definition) is 2. The van der Waals surface area contributed by atoms with Crippen LogP contribution in [0.2, 0.25) is 0 Å². The molecule has 7 heteroatoms. The summed E-state index contributed by atoms with van der Waals surface area (Å²) in [4.78, 5) is 33.4. The fraction of sp³-hybridized carbons (Fsp3) is 0.0690. The summed E-state index contributed by atoms with van der Waals surface area (Å²) < 4.78 is 10.5. The number of ether oxygens (including phenoxy) is 2. The van der Waals surface area contributed by atoms with E-state index in [2.05, 4.69) is 15.3 Å². The van der Waals surface area contributed by atoms with Crippen LogP contribution in [0, 0.1) is 0 Å². The number of H-pyrrole nitrogens is 1. The maximum absolute atomic E-state index is 12.8. The Morgan fingerprint density at radius 3 is 2.19 bits per heavy atom. The van der Waals surface area contributed by atoms with E-state index in [9.17, 15) is 9.59 Å². The van der Waals surface area contributed by atoms with Crippen molar-refractivity contribution < 1.29 is 19.1 Å². The number of aromatic amines is 1. The number of benzene rings is 4. The topological polar surface area (TPSA) is 93.3 Å². The molecule has 0 aliphatic heterocycles. The molecule has 5 rings (SSSR count). The molecule has 2 N–H and O–H groups in total. The highest BCUT2D eigenvalue weighted by Gasteiger charge is 2.13. The first-order chi connectivity index (χ1) is 17.6. The third kappa shape index (κ3) is 4.54. The largest absolute Gasteiger partial charge is 0.493 e. The summed E-state index contributed by atoms with van der Waals surface area (Å²) in [5.41, 5.74) is 4.73. The molecular weight excluding hydrogens is 454 g/mol. The standard InChI is InChI=1S/C29H23N3O4/c1-35-25-15-11-21(17-26(25)36-2)29(34)30-22-12-8-19(9-13-22)28-31-23-14-10-20(16-24(23)32-28)27(33)18-6-4-3-5-7-18/h3-17H,1-2H3,(H,30,34)(H,31,32). The van der Waals surface area contributed by atoms with Crippen molar-refractivity contribution in [1.82, 2.24) is 9.97 Å². The van der Waals surface area contributed by atoms with E-state index in [-0.39, 0.29) is 11.7 Å². The Bertz CT molecular complexity index is 1560. The number of fused-ring (bicyclic) bond motifs is 1. The fourth-order valence-corrected chi connectivity index (χ4v) is 3.94. The second-order valence-corrected chi connectivity index (χ2v) is 8.11. The van der Waals surface area contributed by atoms with Gasteiger partial charge in [-0.2, -0.15) is 0 Å². The van der Waals surface area contributed by atoms with Gasteiger partial charge < -0.3 is 19.8 Å². The van der Waals surface area contributed by atoms with Gasteiger partial charge in [-0.3, -0.25) is 9.59 Å². The molecule has 0 radical (unpaired) electrons. The van der Waals surface area contributed by atoms with Gasteiger partial charge in [-0.05, 0) is 60.7 Å². The monoisotopic (exact) mass is 477 g/mol. The van der Waals surface area contributed by atoms with Gasteiger partial charge in [0, 0.05) is 27.9 Å². The summed E-state index contributed by atoms with van der Waals surface area (Å²) in [6.45, 7) is 0. The van der Waals surface area contributed by atoms with Gasteiger partial charge in [0.1, 0.15) is 5.82 Å². The third-order valence-corrected chi connectivity index (χ3v) is 5.84. The molecule has 0 saturated carbocycles. The van der Waals surface area contributed by atoms with Crippen molar-refractivity contribution in [2.75, 3.05) is 19.5 Å². The lowest BCUT2D eigenvalue weighted by Gasteiger charge is -2.10. The van der Waals surface area contributed by atoms with Crippen molar-refractivity contribution in [3.63, 3.8) is 0 Å². The van der Waals surface area contributed by atoms with Gasteiger partial charge in [-0.25, -0.2) is 4.98 Å². The molecular formula is C29H23N3O4. The maximum atomic E-state index is 12.8. The Hall–Kier alpha value is -4.91. The number of anilines is 1. The molecule has 178 valence electrons. The maximum Gasteiger partial charge on any atom is 0.255 e. The number of methoxy groups -OCH3 is 2. The molecule has 1 aromatic heterocycles. The second kappa shape index (κ2) is 9.76. The van der Waals surface area contributed by atoms with E-state index in [0.29, 0.717) is 39.7 Å². The van der Waals surface area contributed by atoms with E-state index in [0.717, 1.165) is 16.6 Å². The molecule has 0 aliphatic carbocycles. The lowest BCUT2D eigenvalue weighted by atomic mass is 10.0. The van der Waals surface area contributed by atoms with Crippen LogP contribution in [0.15, 0.2) is 91.0 Å². The highest BCUT2D eigenvalue weighted by molar-refractivity contribution is 6.10. The van der Waals surface area contributed by atoms with Crippen LogP contribution >= 0.6 is 0 Å². The smallest absolute Gasteiger partial charge is 0.255 e. The molecule has 0 bridgehead atoms. The molecule has 0 unspecified atom stereocenters. The third-order valence-electron chi connectivity index (χ3n) is 5.84. The average molecular weight is 478 g/mol. The van der Waals surface area contributed by atoms with Crippen molar-refractivity contribution in [3.8, 4) is 22.9 Å². The Balaban J connectivity index is 1.33. The Morgan fingerprint density at radius 1 is 0.750 bits per heavy atom. The van der Waals surface area contributed by atoms with E-state index in [4.69, 9.17) is 9.47 Å². The molecule has 0 saturated heterocycles. The summed E-state index contributed by atoms with van der Waals surface area (Å²) in [5.74, 6) is 1.41. The van der Waals surface area contributed by atoms with Crippen LogP contribution in [0.1, 0.15) is 26.3 Å². The van der Waals surface area contributed by atoms with Crippen molar-refractivity contribution in [2.45, 2.75) is 0 Å². The van der Waals surface area contributed by atoms with Gasteiger partial charge in [0.15, 0.2) is 17.3 Å². The number of amides is 1. The van der Waals surface area contributed by atoms with Crippen LogP contribution in [0.4, 0.5) is 5.69 Å². The second-order valence-electron chi connectivity index (χ2n) is 8.11. The average Bonchev–Trinajstić information content (AvgIpc) is 3.36. The quantitative estimate of drug-likeness (QED) is 0.292. The lowest BCUT2D eigenvalue weighted by molar-refractivity contribution is 0.102. The van der Waals surface area contributed by atoms with Crippen molar-refractivity contribution in [2.24, 2.45) is 0 Å². The summed E-state index contributed by atoms with van der Waals surface area (Å²) in [5, 5.41) is 2.88. The van der Waals surface area contributed by atoms with Crippen LogP contribution < -0.4 is 14.8 Å². The SMILES string of the molecule is COc1ccc(C(=O)Nc2ccc(-c3nc4ccc(C(=O)c5ccccc5)cc4[nH]3)cc2)cc1OC. The summed E-state index contributed by atoms with van der Waals surface area (Å²) in [6, 6.07) is 27.0. The van der Waals surface area contributed by atoms with Gasteiger partial charge in [0.05, 0.1) is 25.3 Å². The minimum Gasteiger partial charge on any atom is -0.493 e. The van der Waals surface area contributed by atoms with E-state index in [1.165, 1.54) is 7.11 Å². The van der Waals surface area contributed by atoms with Gasteiger partial charge in [-0.1, -0.05) is 30.3 Å². The minimum absolute atomic E-state index is 0.0387. The molecule has 0 aliphatic rings. The van der Waals surface area contributed by atoms with Crippen LogP contribution in [-0.2, 0) is 0 Å². The van der Waals surface area contributed by atoms with Crippen molar-refractivity contribution in [3.05, 3.63) is 108 Å². The zero-order valence-corrected chi connectivity index (χ0v) is 19.7. The molecule has 0 spiro atoms. The number of carbonyl (C=O) groups is 2. The van der Waals surface area contributed by atoms with Gasteiger partial charge >= 0.3 is 0 Å². The van der Waals surface area contributed by atoms with Crippen molar-refractivity contribution >= 4 is 28.4 Å². The zero-order chi connectivity index (χ0) is 25.1. The van der Waals surface area contributed by atoms with E-state index < -0.39 is 0 Å². The number of carbonyl (C=O) groups excluding carboxylic acids is 2. The molecule has 0 fully saturated rings. The highest BCUT2D eigenvalue weighted by Crippen LogP contribution is 2.28. The molecule has 1 amide bonds. The first-order valence-corrected chi connectivity index (χ1v) is 11.3. The Labute approximate surface area is 207 Å².